The molecule has 0 radical (unpaired) electrons. The van der Waals surface area contributed by atoms with E-state index in [1.807, 2.05) is 24.3 Å². The van der Waals surface area contributed by atoms with Crippen LogP contribution in [0.4, 0.5) is 5.69 Å². The number of aromatic nitrogens is 2. The Hall–Kier alpha value is -2.45. The lowest BCUT2D eigenvalue weighted by Crippen LogP contribution is -2.22. The maximum atomic E-state index is 12.4. The molecule has 6 nitrogen and oxygen atoms in total. The van der Waals surface area contributed by atoms with Gasteiger partial charge in [0, 0.05) is 21.3 Å². The highest BCUT2D eigenvalue weighted by Crippen LogP contribution is 2.28. The number of nitrogens with zero attached hydrogens (tertiary/aromatic N) is 2. The lowest BCUT2D eigenvalue weighted by atomic mass is 10.1. The van der Waals surface area contributed by atoms with E-state index in [0.717, 1.165) is 10.0 Å². The van der Waals surface area contributed by atoms with Gasteiger partial charge in [-0.1, -0.05) is 33.8 Å². The Morgan fingerprint density at radius 1 is 1.15 bits per heavy atom. The standard InChI is InChI=1S/C19H16BrN3O3S/c1-11(24)13-6-8-16(9-7-13)21-17(25)12(2)27-19-23-22-18(26-19)14-4-3-5-15(20)10-14/h3-10,12H,1-2H3,(H,21,25)/t12-/m1/s1. The summed E-state index contributed by atoms with van der Waals surface area (Å²) in [7, 11) is 0. The second kappa shape index (κ2) is 8.49. The number of thioether (sulfide) groups is 1. The van der Waals surface area contributed by atoms with Gasteiger partial charge in [-0.3, -0.25) is 9.59 Å². The molecule has 0 aliphatic heterocycles. The number of halogens is 1. The quantitative estimate of drug-likeness (QED) is 0.432. The maximum Gasteiger partial charge on any atom is 0.277 e. The number of amides is 1. The fraction of sp³-hybridized carbons (Fsp3) is 0.158. The Balaban J connectivity index is 1.62. The van der Waals surface area contributed by atoms with Crippen LogP contribution in [0.5, 0.6) is 0 Å². The Morgan fingerprint density at radius 3 is 2.56 bits per heavy atom. The Labute approximate surface area is 168 Å². The summed E-state index contributed by atoms with van der Waals surface area (Å²) in [6, 6.07) is 14.3. The molecule has 3 aromatic rings. The molecule has 27 heavy (non-hydrogen) atoms. The molecule has 2 aromatic carbocycles. The van der Waals surface area contributed by atoms with Gasteiger partial charge in [-0.05, 0) is 56.3 Å². The van der Waals surface area contributed by atoms with Crippen LogP contribution >= 0.6 is 27.7 Å². The predicted molar refractivity (Wildman–Crippen MR) is 108 cm³/mol. The van der Waals surface area contributed by atoms with Gasteiger partial charge >= 0.3 is 0 Å². The van der Waals surface area contributed by atoms with Crippen LogP contribution in [-0.4, -0.2) is 27.1 Å². The average molecular weight is 446 g/mol. The van der Waals surface area contributed by atoms with Crippen molar-refractivity contribution in [2.24, 2.45) is 0 Å². The molecule has 0 aliphatic carbocycles. The molecule has 3 rings (SSSR count). The van der Waals surface area contributed by atoms with Gasteiger partial charge in [0.1, 0.15) is 0 Å². The van der Waals surface area contributed by atoms with Gasteiger partial charge in [-0.15, -0.1) is 10.2 Å². The van der Waals surface area contributed by atoms with E-state index < -0.39 is 5.25 Å². The van der Waals surface area contributed by atoms with Crippen LogP contribution in [0.1, 0.15) is 24.2 Å². The molecule has 1 heterocycles. The zero-order valence-corrected chi connectivity index (χ0v) is 17.0. The molecule has 1 aromatic heterocycles. The van der Waals surface area contributed by atoms with Crippen LogP contribution in [0.2, 0.25) is 0 Å². The highest BCUT2D eigenvalue weighted by atomic mass is 79.9. The largest absolute Gasteiger partial charge is 0.411 e. The highest BCUT2D eigenvalue weighted by Gasteiger charge is 2.19. The fourth-order valence-corrected chi connectivity index (χ4v) is 3.32. The molecule has 0 saturated carbocycles. The molecule has 0 spiro atoms. The predicted octanol–water partition coefficient (Wildman–Crippen LogP) is 4.82. The first-order chi connectivity index (χ1) is 12.9. The fourth-order valence-electron chi connectivity index (χ4n) is 2.23. The summed E-state index contributed by atoms with van der Waals surface area (Å²) in [5, 5.41) is 10.7. The zero-order chi connectivity index (χ0) is 19.4. The molecule has 1 N–H and O–H groups in total. The smallest absolute Gasteiger partial charge is 0.277 e. The third-order valence-corrected chi connectivity index (χ3v) is 5.11. The van der Waals surface area contributed by atoms with Gasteiger partial charge in [0.25, 0.3) is 5.22 Å². The van der Waals surface area contributed by atoms with Gasteiger partial charge < -0.3 is 9.73 Å². The zero-order valence-electron chi connectivity index (χ0n) is 14.6. The lowest BCUT2D eigenvalue weighted by molar-refractivity contribution is -0.115. The van der Waals surface area contributed by atoms with Crippen LogP contribution in [0, 0.1) is 0 Å². The van der Waals surface area contributed by atoms with E-state index in [1.54, 1.807) is 31.2 Å². The lowest BCUT2D eigenvalue weighted by Gasteiger charge is -2.10. The topological polar surface area (TPSA) is 85.1 Å². The number of carbonyl (C=O) groups is 2. The molecule has 0 unspecified atom stereocenters. The number of hydrogen-bond donors (Lipinski definition) is 1. The number of benzene rings is 2. The second-order valence-corrected chi connectivity index (χ2v) is 7.97. The minimum atomic E-state index is -0.437. The Bertz CT molecular complexity index is 972. The normalized spacial score (nSPS) is 11.8. The number of Topliss-reactive ketones (excluding diaryl/α,β-unsaturated/α-hetero) is 1. The van der Waals surface area contributed by atoms with E-state index in [0.29, 0.717) is 22.4 Å². The molecule has 1 amide bonds. The van der Waals surface area contributed by atoms with Crippen molar-refractivity contribution in [2.45, 2.75) is 24.3 Å². The minimum Gasteiger partial charge on any atom is -0.411 e. The van der Waals surface area contributed by atoms with Crippen molar-refractivity contribution in [3.63, 3.8) is 0 Å². The van der Waals surface area contributed by atoms with E-state index in [9.17, 15) is 9.59 Å². The average Bonchev–Trinajstić information content (AvgIpc) is 3.10. The van der Waals surface area contributed by atoms with Gasteiger partial charge in [-0.25, -0.2) is 0 Å². The van der Waals surface area contributed by atoms with E-state index in [2.05, 4.69) is 31.4 Å². The molecule has 0 fully saturated rings. The summed E-state index contributed by atoms with van der Waals surface area (Å²) in [6.07, 6.45) is 0. The highest BCUT2D eigenvalue weighted by molar-refractivity contribution is 9.10. The SMILES string of the molecule is CC(=O)c1ccc(NC(=O)[C@@H](C)Sc2nnc(-c3cccc(Br)c3)o2)cc1. The first kappa shape index (κ1) is 19.3. The molecule has 138 valence electrons. The second-order valence-electron chi connectivity index (χ2n) is 5.77. The third kappa shape index (κ3) is 5.05. The summed E-state index contributed by atoms with van der Waals surface area (Å²) in [6.45, 7) is 3.26. The minimum absolute atomic E-state index is 0.0190. The summed E-state index contributed by atoms with van der Waals surface area (Å²) < 4.78 is 6.55. The molecule has 0 bridgehead atoms. The van der Waals surface area contributed by atoms with Crippen molar-refractivity contribution in [1.29, 1.82) is 0 Å². The van der Waals surface area contributed by atoms with Gasteiger partial charge in [0.2, 0.25) is 11.8 Å². The van der Waals surface area contributed by atoms with Crippen molar-refractivity contribution in [3.8, 4) is 11.5 Å². The van der Waals surface area contributed by atoms with E-state index in [1.165, 1.54) is 18.7 Å². The Morgan fingerprint density at radius 2 is 1.89 bits per heavy atom. The molecular weight excluding hydrogens is 430 g/mol. The molecule has 1 atom stereocenters. The Kier molecular flexibility index (Phi) is 6.08. The first-order valence-corrected chi connectivity index (χ1v) is 9.77. The van der Waals surface area contributed by atoms with Crippen molar-refractivity contribution < 1.29 is 14.0 Å². The van der Waals surface area contributed by atoms with E-state index in [-0.39, 0.29) is 11.7 Å². The van der Waals surface area contributed by atoms with Crippen LogP contribution in [0.3, 0.4) is 0 Å². The van der Waals surface area contributed by atoms with Gasteiger partial charge in [0.15, 0.2) is 5.78 Å². The maximum absolute atomic E-state index is 12.4. The van der Waals surface area contributed by atoms with E-state index >= 15 is 0 Å². The van der Waals surface area contributed by atoms with Gasteiger partial charge in [0.05, 0.1) is 5.25 Å². The summed E-state index contributed by atoms with van der Waals surface area (Å²) in [5.74, 6) is 0.179. The van der Waals surface area contributed by atoms with Crippen LogP contribution in [0.25, 0.3) is 11.5 Å². The van der Waals surface area contributed by atoms with Crippen molar-refractivity contribution >= 4 is 45.1 Å². The summed E-state index contributed by atoms with van der Waals surface area (Å²) in [5.41, 5.74) is 2.02. The van der Waals surface area contributed by atoms with Crippen LogP contribution < -0.4 is 5.32 Å². The molecule has 0 saturated heterocycles. The van der Waals surface area contributed by atoms with Crippen molar-refractivity contribution in [2.75, 3.05) is 5.32 Å². The van der Waals surface area contributed by atoms with Crippen molar-refractivity contribution in [1.82, 2.24) is 10.2 Å². The summed E-state index contributed by atoms with van der Waals surface area (Å²) in [4.78, 5) is 23.7. The van der Waals surface area contributed by atoms with Crippen LogP contribution in [-0.2, 0) is 4.79 Å². The monoisotopic (exact) mass is 445 g/mol. The number of carbonyl (C=O) groups excluding carboxylic acids is 2. The number of nitrogens with one attached hydrogen (secondary N) is 1. The van der Waals surface area contributed by atoms with Crippen LogP contribution in [0.15, 0.2) is 62.6 Å². The number of rotatable bonds is 6. The molecule has 8 heteroatoms. The van der Waals surface area contributed by atoms with Crippen molar-refractivity contribution in [3.05, 3.63) is 58.6 Å². The number of hydrogen-bond acceptors (Lipinski definition) is 6. The van der Waals surface area contributed by atoms with Gasteiger partial charge in [-0.2, -0.15) is 0 Å². The number of ketones is 1. The molecule has 0 aliphatic rings. The summed E-state index contributed by atoms with van der Waals surface area (Å²) >= 11 is 4.58. The first-order valence-electron chi connectivity index (χ1n) is 8.10. The third-order valence-electron chi connectivity index (χ3n) is 3.68. The van der Waals surface area contributed by atoms with E-state index in [4.69, 9.17) is 4.42 Å². The molecular formula is C19H16BrN3O3S. The number of anilines is 1.